The van der Waals surface area contributed by atoms with Gasteiger partial charge in [0, 0.05) is 13.1 Å². The van der Waals surface area contributed by atoms with Crippen molar-refractivity contribution in [3.05, 3.63) is 0 Å². The van der Waals surface area contributed by atoms with E-state index >= 15 is 0 Å². The molecule has 0 aliphatic carbocycles. The van der Waals surface area contributed by atoms with E-state index in [4.69, 9.17) is 11.5 Å². The smallest absolute Gasteiger partial charge is 0.318 e. The molecule has 0 aromatic heterocycles. The third kappa shape index (κ3) is 2.39. The first kappa shape index (κ1) is 10.4. The molecule has 2 amide bonds. The van der Waals surface area contributed by atoms with E-state index in [1.54, 1.807) is 0 Å². The molecule has 1 rings (SSSR count). The lowest BCUT2D eigenvalue weighted by Gasteiger charge is -2.15. The van der Waals surface area contributed by atoms with Gasteiger partial charge < -0.3 is 15.3 Å². The summed E-state index contributed by atoms with van der Waals surface area (Å²) in [6.07, 6.45) is 5.49. The van der Waals surface area contributed by atoms with Gasteiger partial charge in [-0.05, 0) is 6.42 Å². The van der Waals surface area contributed by atoms with Crippen LogP contribution in [-0.2, 0) is 4.79 Å². The number of hydrogen-bond donors (Lipinski definition) is 2. The van der Waals surface area contributed by atoms with Crippen molar-refractivity contribution in [1.82, 2.24) is 10.2 Å². The third-order valence-corrected chi connectivity index (χ3v) is 2.17. The molecular formula is C9H12N2O3. The molecular weight excluding hydrogens is 184 g/mol. The van der Waals surface area contributed by atoms with E-state index in [2.05, 4.69) is 11.2 Å². The molecule has 1 fully saturated rings. The van der Waals surface area contributed by atoms with Crippen molar-refractivity contribution in [2.24, 2.45) is 5.92 Å². The number of amides is 2. The molecule has 1 atom stereocenters. The summed E-state index contributed by atoms with van der Waals surface area (Å²) in [6, 6.07) is -0.285. The first-order valence-corrected chi connectivity index (χ1v) is 4.34. The van der Waals surface area contributed by atoms with Crippen molar-refractivity contribution < 1.29 is 14.7 Å². The van der Waals surface area contributed by atoms with Crippen LogP contribution in [0.3, 0.4) is 0 Å². The van der Waals surface area contributed by atoms with E-state index in [0.717, 1.165) is 0 Å². The van der Waals surface area contributed by atoms with Gasteiger partial charge >= 0.3 is 12.0 Å². The summed E-state index contributed by atoms with van der Waals surface area (Å²) in [4.78, 5) is 23.4. The van der Waals surface area contributed by atoms with Crippen LogP contribution in [0.25, 0.3) is 0 Å². The van der Waals surface area contributed by atoms with Crippen LogP contribution in [0.5, 0.6) is 0 Å². The van der Waals surface area contributed by atoms with Crippen molar-refractivity contribution in [2.75, 3.05) is 19.6 Å². The van der Waals surface area contributed by atoms with Crippen LogP contribution in [-0.4, -0.2) is 41.6 Å². The van der Waals surface area contributed by atoms with Crippen LogP contribution in [0.1, 0.15) is 6.42 Å². The van der Waals surface area contributed by atoms with Gasteiger partial charge in [0.1, 0.15) is 0 Å². The lowest BCUT2D eigenvalue weighted by Crippen LogP contribution is -2.39. The van der Waals surface area contributed by atoms with Gasteiger partial charge in [0.05, 0.1) is 12.5 Å². The Morgan fingerprint density at radius 3 is 2.86 bits per heavy atom. The maximum Gasteiger partial charge on any atom is 0.318 e. The van der Waals surface area contributed by atoms with Crippen molar-refractivity contribution >= 4 is 12.0 Å². The van der Waals surface area contributed by atoms with Crippen LogP contribution in [0.4, 0.5) is 4.79 Å². The predicted octanol–water partition coefficient (Wildman–Crippen LogP) is -0.264. The number of carboxylic acids is 1. The van der Waals surface area contributed by atoms with Crippen molar-refractivity contribution in [3.63, 3.8) is 0 Å². The summed E-state index contributed by atoms with van der Waals surface area (Å²) in [7, 11) is 0. The molecule has 0 saturated carbocycles. The first-order valence-electron chi connectivity index (χ1n) is 4.34. The molecule has 1 aliphatic heterocycles. The molecule has 1 saturated heterocycles. The summed E-state index contributed by atoms with van der Waals surface area (Å²) in [6.45, 7) is 0.923. The Morgan fingerprint density at radius 2 is 2.36 bits per heavy atom. The number of terminal acetylenes is 1. The minimum absolute atomic E-state index is 0.174. The van der Waals surface area contributed by atoms with Gasteiger partial charge in [-0.1, -0.05) is 5.92 Å². The average Bonchev–Trinajstić information content (AvgIpc) is 2.62. The third-order valence-electron chi connectivity index (χ3n) is 2.17. The minimum atomic E-state index is -0.850. The fourth-order valence-corrected chi connectivity index (χ4v) is 1.38. The Bertz CT molecular complexity index is 282. The number of likely N-dealkylation sites (tertiary alicyclic amines) is 1. The van der Waals surface area contributed by atoms with Crippen LogP contribution < -0.4 is 5.32 Å². The first-order chi connectivity index (χ1) is 6.65. The number of nitrogens with one attached hydrogen (secondary N) is 1. The average molecular weight is 196 g/mol. The predicted molar refractivity (Wildman–Crippen MR) is 49.5 cm³/mol. The number of carboxylic acid groups (broad SMARTS) is 1. The second-order valence-corrected chi connectivity index (χ2v) is 3.13. The maximum atomic E-state index is 11.3. The highest BCUT2D eigenvalue weighted by Gasteiger charge is 2.30. The summed E-state index contributed by atoms with van der Waals surface area (Å²) >= 11 is 0. The van der Waals surface area contributed by atoms with E-state index in [1.807, 2.05) is 0 Å². The number of urea groups is 1. The highest BCUT2D eigenvalue weighted by atomic mass is 16.4. The summed E-state index contributed by atoms with van der Waals surface area (Å²) < 4.78 is 0. The van der Waals surface area contributed by atoms with E-state index in [1.165, 1.54) is 4.90 Å². The zero-order valence-electron chi connectivity index (χ0n) is 7.69. The summed E-state index contributed by atoms with van der Waals surface area (Å²) in [5, 5.41) is 11.2. The number of carbonyl (C=O) groups is 2. The van der Waals surface area contributed by atoms with Crippen LogP contribution >= 0.6 is 0 Å². The lowest BCUT2D eigenvalue weighted by atomic mass is 10.1. The molecule has 0 aromatic rings. The highest BCUT2D eigenvalue weighted by Crippen LogP contribution is 2.15. The minimum Gasteiger partial charge on any atom is -0.481 e. The van der Waals surface area contributed by atoms with Gasteiger partial charge in [-0.15, -0.1) is 6.42 Å². The molecule has 1 unspecified atom stereocenters. The maximum absolute atomic E-state index is 11.3. The van der Waals surface area contributed by atoms with Crippen LogP contribution in [0.2, 0.25) is 0 Å². The molecule has 76 valence electrons. The zero-order valence-corrected chi connectivity index (χ0v) is 7.69. The van der Waals surface area contributed by atoms with Crippen LogP contribution in [0, 0.1) is 18.3 Å². The van der Waals surface area contributed by atoms with E-state index < -0.39 is 11.9 Å². The molecule has 5 heteroatoms. The normalized spacial score (nSPS) is 20.2. The molecule has 0 spiro atoms. The number of rotatable bonds is 2. The summed E-state index contributed by atoms with van der Waals surface area (Å²) in [5.41, 5.74) is 0. The Balaban J connectivity index is 2.38. The number of carbonyl (C=O) groups excluding carboxylic acids is 1. The van der Waals surface area contributed by atoms with Gasteiger partial charge in [-0.2, -0.15) is 0 Å². The molecule has 5 nitrogen and oxygen atoms in total. The van der Waals surface area contributed by atoms with Gasteiger partial charge in [-0.3, -0.25) is 4.79 Å². The van der Waals surface area contributed by atoms with Gasteiger partial charge in [0.15, 0.2) is 0 Å². The molecule has 0 bridgehead atoms. The molecule has 2 N–H and O–H groups in total. The second-order valence-electron chi connectivity index (χ2n) is 3.13. The van der Waals surface area contributed by atoms with Crippen molar-refractivity contribution in [3.8, 4) is 12.3 Å². The highest BCUT2D eigenvalue weighted by molar-refractivity contribution is 5.77. The zero-order chi connectivity index (χ0) is 10.6. The summed E-state index contributed by atoms with van der Waals surface area (Å²) in [5.74, 6) is 0.993. The second kappa shape index (κ2) is 4.51. The quantitative estimate of drug-likeness (QED) is 0.597. The van der Waals surface area contributed by atoms with E-state index in [-0.39, 0.29) is 19.1 Å². The standard InChI is InChI=1S/C9H12N2O3/c1-2-4-10-9(14)11-5-3-7(6-11)8(12)13/h1,7H,3-6H2,(H,10,14)(H,12,13). The fourth-order valence-electron chi connectivity index (χ4n) is 1.38. The van der Waals surface area contributed by atoms with Crippen molar-refractivity contribution in [1.29, 1.82) is 0 Å². The van der Waals surface area contributed by atoms with E-state index in [0.29, 0.717) is 13.0 Å². The Kier molecular flexibility index (Phi) is 3.35. The molecule has 0 radical (unpaired) electrons. The van der Waals surface area contributed by atoms with Gasteiger partial charge in [0.25, 0.3) is 0 Å². The SMILES string of the molecule is C#CCNC(=O)N1CCC(C(=O)O)C1. The fraction of sp³-hybridized carbons (Fsp3) is 0.556. The molecule has 1 heterocycles. The largest absolute Gasteiger partial charge is 0.481 e. The number of hydrogen-bond acceptors (Lipinski definition) is 2. The Hall–Kier alpha value is -1.70. The van der Waals surface area contributed by atoms with E-state index in [9.17, 15) is 9.59 Å². The topological polar surface area (TPSA) is 69.6 Å². The molecule has 0 aromatic carbocycles. The number of aliphatic carboxylic acids is 1. The van der Waals surface area contributed by atoms with Gasteiger partial charge in [-0.25, -0.2) is 4.79 Å². The molecule has 14 heavy (non-hydrogen) atoms. The lowest BCUT2D eigenvalue weighted by molar-refractivity contribution is -0.141. The van der Waals surface area contributed by atoms with Crippen LogP contribution in [0.15, 0.2) is 0 Å². The Labute approximate surface area is 82.1 Å². The Morgan fingerprint density at radius 1 is 1.64 bits per heavy atom. The van der Waals surface area contributed by atoms with Gasteiger partial charge in [0.2, 0.25) is 0 Å². The monoisotopic (exact) mass is 196 g/mol. The van der Waals surface area contributed by atoms with Crippen molar-refractivity contribution in [2.45, 2.75) is 6.42 Å². The molecule has 1 aliphatic rings. The number of nitrogens with zero attached hydrogens (tertiary/aromatic N) is 1.